The largest absolute Gasteiger partial charge is 0.468 e. The average Bonchev–Trinajstić information content (AvgIpc) is 2.36. The SMILES string of the molecule is CCN(CC1CCCNC1)S(=O)(=O)CC(=O)OC. The van der Waals surface area contributed by atoms with Gasteiger partial charge in [0.25, 0.3) is 0 Å². The predicted octanol–water partition coefficient (Wildman–Crippen LogP) is -0.189. The first-order valence-electron chi connectivity index (χ1n) is 6.25. The molecule has 0 aromatic carbocycles. The third-order valence-corrected chi connectivity index (χ3v) is 4.93. The van der Waals surface area contributed by atoms with Crippen LogP contribution in [0.4, 0.5) is 0 Å². The van der Waals surface area contributed by atoms with Gasteiger partial charge in [0.05, 0.1) is 7.11 Å². The van der Waals surface area contributed by atoms with E-state index in [9.17, 15) is 13.2 Å². The highest BCUT2D eigenvalue weighted by atomic mass is 32.2. The van der Waals surface area contributed by atoms with E-state index in [1.807, 2.05) is 0 Å². The second-order valence-corrected chi connectivity index (χ2v) is 6.46. The summed E-state index contributed by atoms with van der Waals surface area (Å²) in [5.74, 6) is -0.960. The Morgan fingerprint density at radius 1 is 1.50 bits per heavy atom. The second-order valence-electron chi connectivity index (χ2n) is 4.50. The van der Waals surface area contributed by atoms with Crippen LogP contribution in [-0.4, -0.2) is 57.7 Å². The molecule has 0 amide bonds. The molecular formula is C11H22N2O4S. The first-order chi connectivity index (χ1) is 8.49. The number of hydrogen-bond acceptors (Lipinski definition) is 5. The topological polar surface area (TPSA) is 75.7 Å². The van der Waals surface area contributed by atoms with Crippen LogP contribution < -0.4 is 5.32 Å². The Labute approximate surface area is 109 Å². The lowest BCUT2D eigenvalue weighted by Gasteiger charge is -2.28. The van der Waals surface area contributed by atoms with E-state index in [0.717, 1.165) is 25.9 Å². The number of sulfonamides is 1. The maximum atomic E-state index is 12.0. The van der Waals surface area contributed by atoms with Crippen molar-refractivity contribution in [2.75, 3.05) is 39.0 Å². The van der Waals surface area contributed by atoms with E-state index < -0.39 is 21.7 Å². The number of carbonyl (C=O) groups is 1. The van der Waals surface area contributed by atoms with Crippen LogP contribution in [0.5, 0.6) is 0 Å². The Bertz CT molecular complexity index is 363. The third-order valence-electron chi connectivity index (χ3n) is 3.13. The Morgan fingerprint density at radius 3 is 2.72 bits per heavy atom. The predicted molar refractivity (Wildman–Crippen MR) is 68.6 cm³/mol. The van der Waals surface area contributed by atoms with Gasteiger partial charge in [-0.1, -0.05) is 6.92 Å². The lowest BCUT2D eigenvalue weighted by atomic mass is 10.00. The highest BCUT2D eigenvalue weighted by Gasteiger charge is 2.27. The van der Waals surface area contributed by atoms with Crippen LogP contribution in [0.1, 0.15) is 19.8 Å². The Morgan fingerprint density at radius 2 is 2.22 bits per heavy atom. The van der Waals surface area contributed by atoms with Gasteiger partial charge in [-0.2, -0.15) is 0 Å². The van der Waals surface area contributed by atoms with E-state index in [-0.39, 0.29) is 0 Å². The number of carbonyl (C=O) groups excluding carboxylic acids is 1. The summed E-state index contributed by atoms with van der Waals surface area (Å²) < 4.78 is 29.8. The van der Waals surface area contributed by atoms with Gasteiger partial charge in [0, 0.05) is 13.1 Å². The minimum atomic E-state index is -3.55. The van der Waals surface area contributed by atoms with Gasteiger partial charge in [0.1, 0.15) is 0 Å². The summed E-state index contributed by atoms with van der Waals surface area (Å²) in [5, 5.41) is 3.25. The molecule has 18 heavy (non-hydrogen) atoms. The van der Waals surface area contributed by atoms with Crippen molar-refractivity contribution in [3.05, 3.63) is 0 Å². The summed E-state index contributed by atoms with van der Waals surface area (Å²) in [4.78, 5) is 11.1. The van der Waals surface area contributed by atoms with Crippen LogP contribution in [0.3, 0.4) is 0 Å². The molecule has 0 radical (unpaired) electrons. The molecule has 1 aliphatic heterocycles. The van der Waals surface area contributed by atoms with Crippen molar-refractivity contribution in [1.82, 2.24) is 9.62 Å². The number of hydrogen-bond donors (Lipinski definition) is 1. The number of methoxy groups -OCH3 is 1. The quantitative estimate of drug-likeness (QED) is 0.682. The van der Waals surface area contributed by atoms with E-state index in [2.05, 4.69) is 10.1 Å². The van der Waals surface area contributed by atoms with Gasteiger partial charge in [-0.05, 0) is 31.8 Å². The molecule has 0 saturated carbocycles. The maximum absolute atomic E-state index is 12.0. The van der Waals surface area contributed by atoms with Crippen molar-refractivity contribution in [3.8, 4) is 0 Å². The van der Waals surface area contributed by atoms with Crippen molar-refractivity contribution < 1.29 is 17.9 Å². The Balaban J connectivity index is 2.60. The Hall–Kier alpha value is -0.660. The molecule has 0 aromatic rings. The first-order valence-corrected chi connectivity index (χ1v) is 7.86. The molecule has 1 heterocycles. The highest BCUT2D eigenvalue weighted by molar-refractivity contribution is 7.89. The van der Waals surface area contributed by atoms with Gasteiger partial charge >= 0.3 is 5.97 Å². The van der Waals surface area contributed by atoms with Gasteiger partial charge in [-0.3, -0.25) is 4.79 Å². The van der Waals surface area contributed by atoms with Gasteiger partial charge in [0.2, 0.25) is 10.0 Å². The summed E-state index contributed by atoms with van der Waals surface area (Å²) in [6.45, 7) is 4.48. The molecule has 0 spiro atoms. The smallest absolute Gasteiger partial charge is 0.322 e. The fourth-order valence-corrected chi connectivity index (χ4v) is 3.54. The van der Waals surface area contributed by atoms with Crippen molar-refractivity contribution in [2.24, 2.45) is 5.92 Å². The molecule has 1 aliphatic rings. The maximum Gasteiger partial charge on any atom is 0.322 e. The van der Waals surface area contributed by atoms with Crippen LogP contribution in [0, 0.1) is 5.92 Å². The molecule has 1 saturated heterocycles. The minimum absolute atomic E-state index is 0.325. The third kappa shape index (κ3) is 4.55. The molecule has 7 heteroatoms. The van der Waals surface area contributed by atoms with Crippen LogP contribution in [0.2, 0.25) is 0 Å². The number of nitrogens with one attached hydrogen (secondary N) is 1. The monoisotopic (exact) mass is 278 g/mol. The number of piperidine rings is 1. The number of nitrogens with zero attached hydrogens (tertiary/aromatic N) is 1. The fraction of sp³-hybridized carbons (Fsp3) is 0.909. The molecule has 0 bridgehead atoms. The molecule has 0 aromatic heterocycles. The fourth-order valence-electron chi connectivity index (χ4n) is 2.11. The summed E-state index contributed by atoms with van der Waals surface area (Å²) in [6.07, 6.45) is 2.09. The van der Waals surface area contributed by atoms with Crippen molar-refractivity contribution >= 4 is 16.0 Å². The van der Waals surface area contributed by atoms with Gasteiger partial charge in [-0.25, -0.2) is 12.7 Å². The van der Waals surface area contributed by atoms with E-state index >= 15 is 0 Å². The molecule has 1 unspecified atom stereocenters. The average molecular weight is 278 g/mol. The molecule has 1 atom stereocenters. The zero-order chi connectivity index (χ0) is 13.6. The molecule has 0 aliphatic carbocycles. The summed E-state index contributed by atoms with van der Waals surface area (Å²) >= 11 is 0. The van der Waals surface area contributed by atoms with Crippen molar-refractivity contribution in [1.29, 1.82) is 0 Å². The number of rotatable bonds is 6. The summed E-state index contributed by atoms with van der Waals surface area (Å²) in [5.41, 5.74) is 0. The number of ether oxygens (including phenoxy) is 1. The zero-order valence-electron chi connectivity index (χ0n) is 11.0. The second kappa shape index (κ2) is 7.06. The molecule has 1 rings (SSSR count). The van der Waals surface area contributed by atoms with Gasteiger partial charge in [-0.15, -0.1) is 0 Å². The van der Waals surface area contributed by atoms with Crippen LogP contribution in [-0.2, 0) is 19.6 Å². The summed E-state index contributed by atoms with van der Waals surface area (Å²) in [7, 11) is -2.36. The number of esters is 1. The standard InChI is InChI=1S/C11H22N2O4S/c1-3-13(8-10-5-4-6-12-7-10)18(15,16)9-11(14)17-2/h10,12H,3-9H2,1-2H3. The lowest BCUT2D eigenvalue weighted by molar-refractivity contribution is -0.137. The van der Waals surface area contributed by atoms with Crippen molar-refractivity contribution in [3.63, 3.8) is 0 Å². The molecule has 1 fully saturated rings. The molecule has 106 valence electrons. The van der Waals surface area contributed by atoms with E-state index in [1.165, 1.54) is 11.4 Å². The summed E-state index contributed by atoms with van der Waals surface area (Å²) in [6, 6.07) is 0. The molecule has 6 nitrogen and oxygen atoms in total. The van der Waals surface area contributed by atoms with Crippen molar-refractivity contribution in [2.45, 2.75) is 19.8 Å². The van der Waals surface area contributed by atoms with Crippen LogP contribution in [0.25, 0.3) is 0 Å². The van der Waals surface area contributed by atoms with Gasteiger partial charge in [0.15, 0.2) is 5.75 Å². The minimum Gasteiger partial charge on any atom is -0.468 e. The van der Waals surface area contributed by atoms with Crippen LogP contribution >= 0.6 is 0 Å². The highest BCUT2D eigenvalue weighted by Crippen LogP contribution is 2.14. The molecular weight excluding hydrogens is 256 g/mol. The Kier molecular flexibility index (Phi) is 6.04. The van der Waals surface area contributed by atoms with Crippen LogP contribution in [0.15, 0.2) is 0 Å². The normalized spacial score (nSPS) is 20.9. The first kappa shape index (κ1) is 15.4. The lowest BCUT2D eigenvalue weighted by Crippen LogP contribution is -2.42. The van der Waals surface area contributed by atoms with E-state index in [4.69, 9.17) is 0 Å². The molecule has 1 N–H and O–H groups in total. The van der Waals surface area contributed by atoms with E-state index in [1.54, 1.807) is 6.92 Å². The van der Waals surface area contributed by atoms with E-state index in [0.29, 0.717) is 19.0 Å². The zero-order valence-corrected chi connectivity index (χ0v) is 11.8. The van der Waals surface area contributed by atoms with Gasteiger partial charge < -0.3 is 10.1 Å².